The molecule has 1 saturated heterocycles. The summed E-state index contributed by atoms with van der Waals surface area (Å²) in [6, 6.07) is 17.2. The highest BCUT2D eigenvalue weighted by Crippen LogP contribution is 2.47. The first-order valence-corrected chi connectivity index (χ1v) is 9.82. The highest BCUT2D eigenvalue weighted by atomic mass is 35.5. The van der Waals surface area contributed by atoms with Gasteiger partial charge in [0.25, 0.3) is 5.91 Å². The van der Waals surface area contributed by atoms with E-state index >= 15 is 0 Å². The average Bonchev–Trinajstić information content (AvgIpc) is 2.69. The molecule has 2 fully saturated rings. The van der Waals surface area contributed by atoms with Crippen molar-refractivity contribution >= 4 is 17.5 Å². The standard InChI is InChI=1S/C22H24ClNO2/c23-18-12-10-16(11-13-18)21(25)24-15-14-22(26,17-6-2-1-3-7-17)19-8-4-5-9-20(19)24/h1-3,6-7,10-13,19-20,26H,4-5,8-9,14-15H2/t19-,20-,22?/m0/s1. The molecule has 1 aliphatic heterocycles. The predicted molar refractivity (Wildman–Crippen MR) is 103 cm³/mol. The van der Waals surface area contributed by atoms with E-state index in [0.717, 1.165) is 31.2 Å². The molecule has 0 spiro atoms. The van der Waals surface area contributed by atoms with Gasteiger partial charge in [-0.2, -0.15) is 0 Å². The van der Waals surface area contributed by atoms with Gasteiger partial charge in [0.15, 0.2) is 0 Å². The van der Waals surface area contributed by atoms with Crippen molar-refractivity contribution in [2.24, 2.45) is 5.92 Å². The molecule has 1 heterocycles. The van der Waals surface area contributed by atoms with Crippen molar-refractivity contribution in [3.8, 4) is 0 Å². The fraction of sp³-hybridized carbons (Fsp3) is 0.409. The van der Waals surface area contributed by atoms with Crippen LogP contribution < -0.4 is 0 Å². The van der Waals surface area contributed by atoms with Gasteiger partial charge in [-0.1, -0.05) is 54.8 Å². The fourth-order valence-electron chi connectivity index (χ4n) is 4.78. The van der Waals surface area contributed by atoms with Crippen molar-refractivity contribution in [3.05, 3.63) is 70.7 Å². The Kier molecular flexibility index (Phi) is 4.76. The molecule has 3 nitrogen and oxygen atoms in total. The van der Waals surface area contributed by atoms with Gasteiger partial charge < -0.3 is 10.0 Å². The first-order chi connectivity index (χ1) is 12.6. The Hall–Kier alpha value is -1.84. The van der Waals surface area contributed by atoms with Gasteiger partial charge in [-0.05, 0) is 49.1 Å². The molecule has 1 amide bonds. The summed E-state index contributed by atoms with van der Waals surface area (Å²) in [5, 5.41) is 12.2. The number of hydrogen-bond acceptors (Lipinski definition) is 2. The Labute approximate surface area is 159 Å². The van der Waals surface area contributed by atoms with E-state index in [1.54, 1.807) is 24.3 Å². The maximum absolute atomic E-state index is 13.1. The number of carbonyl (C=O) groups excluding carboxylic acids is 1. The first kappa shape index (κ1) is 17.6. The van der Waals surface area contributed by atoms with Crippen molar-refractivity contribution < 1.29 is 9.90 Å². The average molecular weight is 370 g/mol. The van der Waals surface area contributed by atoms with Gasteiger partial charge in [-0.25, -0.2) is 0 Å². The van der Waals surface area contributed by atoms with E-state index in [0.29, 0.717) is 23.6 Å². The van der Waals surface area contributed by atoms with Crippen LogP contribution in [0.25, 0.3) is 0 Å². The Morgan fingerprint density at radius 1 is 1.04 bits per heavy atom. The number of rotatable bonds is 2. The number of carbonyl (C=O) groups is 1. The van der Waals surface area contributed by atoms with Crippen LogP contribution in [0.3, 0.4) is 0 Å². The summed E-state index contributed by atoms with van der Waals surface area (Å²) in [6.45, 7) is 0.577. The largest absolute Gasteiger partial charge is 0.385 e. The number of nitrogens with zero attached hydrogens (tertiary/aromatic N) is 1. The molecule has 2 aliphatic rings. The lowest BCUT2D eigenvalue weighted by molar-refractivity contribution is -0.110. The predicted octanol–water partition coefficient (Wildman–Crippen LogP) is 4.63. The third kappa shape index (κ3) is 3.04. The summed E-state index contributed by atoms with van der Waals surface area (Å²) in [7, 11) is 0. The number of aliphatic hydroxyl groups is 1. The second-order valence-corrected chi connectivity index (χ2v) is 7.94. The molecule has 136 valence electrons. The Morgan fingerprint density at radius 2 is 1.73 bits per heavy atom. The topological polar surface area (TPSA) is 40.5 Å². The number of halogens is 1. The minimum atomic E-state index is -0.844. The van der Waals surface area contributed by atoms with E-state index in [9.17, 15) is 9.90 Å². The van der Waals surface area contributed by atoms with Gasteiger partial charge in [0.2, 0.25) is 0 Å². The van der Waals surface area contributed by atoms with Crippen LogP contribution in [0.2, 0.25) is 5.02 Å². The van der Waals surface area contributed by atoms with Crippen LogP contribution in [0.15, 0.2) is 54.6 Å². The zero-order chi connectivity index (χ0) is 18.1. The Balaban J connectivity index is 1.64. The number of fused-ring (bicyclic) bond motifs is 1. The maximum Gasteiger partial charge on any atom is 0.254 e. The van der Waals surface area contributed by atoms with Crippen molar-refractivity contribution in [2.75, 3.05) is 6.54 Å². The molecule has 0 aromatic heterocycles. The van der Waals surface area contributed by atoms with E-state index in [2.05, 4.69) is 0 Å². The molecule has 2 aromatic carbocycles. The summed E-state index contributed by atoms with van der Waals surface area (Å²) in [6.07, 6.45) is 4.72. The van der Waals surface area contributed by atoms with Crippen LogP contribution in [-0.2, 0) is 5.60 Å². The van der Waals surface area contributed by atoms with Gasteiger partial charge in [0.05, 0.1) is 5.60 Å². The third-order valence-electron chi connectivity index (χ3n) is 6.10. The van der Waals surface area contributed by atoms with Gasteiger partial charge in [-0.15, -0.1) is 0 Å². The lowest BCUT2D eigenvalue weighted by Gasteiger charge is -2.52. The van der Waals surface area contributed by atoms with Crippen LogP contribution in [-0.4, -0.2) is 28.5 Å². The molecular weight excluding hydrogens is 346 g/mol. The maximum atomic E-state index is 13.1. The quantitative estimate of drug-likeness (QED) is 0.838. The monoisotopic (exact) mass is 369 g/mol. The molecule has 1 N–H and O–H groups in total. The lowest BCUT2D eigenvalue weighted by atomic mass is 9.66. The molecule has 1 aliphatic carbocycles. The normalized spacial score (nSPS) is 28.5. The van der Waals surface area contributed by atoms with Crippen LogP contribution in [0.5, 0.6) is 0 Å². The van der Waals surface area contributed by atoms with Crippen molar-refractivity contribution in [2.45, 2.75) is 43.7 Å². The smallest absolute Gasteiger partial charge is 0.254 e. The van der Waals surface area contributed by atoms with Crippen LogP contribution in [0.4, 0.5) is 0 Å². The number of piperidine rings is 1. The molecule has 1 unspecified atom stereocenters. The number of hydrogen-bond donors (Lipinski definition) is 1. The second-order valence-electron chi connectivity index (χ2n) is 7.50. The van der Waals surface area contributed by atoms with E-state index in [1.807, 2.05) is 35.2 Å². The minimum absolute atomic E-state index is 0.0497. The number of likely N-dealkylation sites (tertiary alicyclic amines) is 1. The fourth-order valence-corrected chi connectivity index (χ4v) is 4.91. The molecule has 26 heavy (non-hydrogen) atoms. The van der Waals surface area contributed by atoms with Crippen molar-refractivity contribution in [1.82, 2.24) is 4.90 Å². The SMILES string of the molecule is O=C(c1ccc(Cl)cc1)N1CCC(O)(c2ccccc2)[C@H]2CCCC[C@@H]21. The molecule has 3 atom stereocenters. The van der Waals surface area contributed by atoms with Crippen molar-refractivity contribution in [1.29, 1.82) is 0 Å². The zero-order valence-electron chi connectivity index (χ0n) is 14.8. The summed E-state index contributed by atoms with van der Waals surface area (Å²) < 4.78 is 0. The van der Waals surface area contributed by atoms with E-state index in [4.69, 9.17) is 11.6 Å². The molecule has 0 radical (unpaired) electrons. The molecule has 4 heteroatoms. The van der Waals surface area contributed by atoms with Crippen LogP contribution in [0, 0.1) is 5.92 Å². The van der Waals surface area contributed by atoms with Gasteiger partial charge in [0.1, 0.15) is 0 Å². The third-order valence-corrected chi connectivity index (χ3v) is 6.35. The zero-order valence-corrected chi connectivity index (χ0v) is 15.5. The van der Waals surface area contributed by atoms with Gasteiger partial charge in [-0.3, -0.25) is 4.79 Å². The summed E-state index contributed by atoms with van der Waals surface area (Å²) in [5.41, 5.74) is 0.808. The second kappa shape index (κ2) is 7.05. The summed E-state index contributed by atoms with van der Waals surface area (Å²) in [4.78, 5) is 15.1. The number of amides is 1. The number of benzene rings is 2. The van der Waals surface area contributed by atoms with Crippen LogP contribution in [0.1, 0.15) is 48.0 Å². The van der Waals surface area contributed by atoms with Gasteiger partial charge >= 0.3 is 0 Å². The summed E-state index contributed by atoms with van der Waals surface area (Å²) >= 11 is 5.96. The molecule has 2 aromatic rings. The van der Waals surface area contributed by atoms with E-state index < -0.39 is 5.60 Å². The van der Waals surface area contributed by atoms with Crippen LogP contribution >= 0.6 is 11.6 Å². The first-order valence-electron chi connectivity index (χ1n) is 9.44. The Morgan fingerprint density at radius 3 is 2.46 bits per heavy atom. The molecule has 4 rings (SSSR count). The van der Waals surface area contributed by atoms with E-state index in [-0.39, 0.29) is 17.9 Å². The highest BCUT2D eigenvalue weighted by Gasteiger charge is 2.50. The summed E-state index contributed by atoms with van der Waals surface area (Å²) in [5.74, 6) is 0.136. The molecular formula is C22H24ClNO2. The van der Waals surface area contributed by atoms with E-state index in [1.165, 1.54) is 0 Å². The van der Waals surface area contributed by atoms with Crippen molar-refractivity contribution in [3.63, 3.8) is 0 Å². The molecule has 0 bridgehead atoms. The lowest BCUT2D eigenvalue weighted by Crippen LogP contribution is -2.58. The van der Waals surface area contributed by atoms with Gasteiger partial charge in [0, 0.05) is 29.1 Å². The minimum Gasteiger partial charge on any atom is -0.385 e. The molecule has 1 saturated carbocycles. The Bertz CT molecular complexity index is 776. The highest BCUT2D eigenvalue weighted by molar-refractivity contribution is 6.30.